The van der Waals surface area contributed by atoms with Crippen molar-refractivity contribution >= 4 is 21.8 Å². The van der Waals surface area contributed by atoms with E-state index in [4.69, 9.17) is 0 Å². The molecular formula is C14H15BrF3N5O. The molecular weight excluding hydrogens is 391 g/mol. The van der Waals surface area contributed by atoms with Gasteiger partial charge in [-0.15, -0.1) is 0 Å². The third-order valence-electron chi connectivity index (χ3n) is 3.85. The Balaban J connectivity index is 1.74. The molecule has 0 unspecified atom stereocenters. The van der Waals surface area contributed by atoms with Crippen LogP contribution in [0.5, 0.6) is 0 Å². The van der Waals surface area contributed by atoms with Crippen LogP contribution in [-0.4, -0.2) is 25.5 Å². The topological polar surface area (TPSA) is 64.7 Å². The summed E-state index contributed by atoms with van der Waals surface area (Å²) in [6, 6.07) is 1.75. The highest BCUT2D eigenvalue weighted by molar-refractivity contribution is 9.10. The number of halogens is 4. The molecule has 3 rings (SSSR count). The van der Waals surface area contributed by atoms with Crippen LogP contribution in [0.1, 0.15) is 35.8 Å². The van der Waals surface area contributed by atoms with E-state index in [1.54, 1.807) is 24.0 Å². The van der Waals surface area contributed by atoms with Crippen LogP contribution in [0.2, 0.25) is 0 Å². The molecule has 2 aromatic rings. The highest BCUT2D eigenvalue weighted by Gasteiger charge is 2.41. The summed E-state index contributed by atoms with van der Waals surface area (Å²) in [7, 11) is 1.74. The molecule has 2 aromatic heterocycles. The lowest BCUT2D eigenvalue weighted by molar-refractivity contribution is -0.142. The first-order valence-corrected chi connectivity index (χ1v) is 8.13. The third kappa shape index (κ3) is 3.47. The van der Waals surface area contributed by atoms with E-state index in [0.29, 0.717) is 5.69 Å². The molecule has 2 heterocycles. The van der Waals surface area contributed by atoms with Gasteiger partial charge in [0.2, 0.25) is 5.91 Å². The Labute approximate surface area is 144 Å². The standard InChI is InChI=1S/C14H15BrF3N5O/c1-22-9(4-5-20-22)6-19-10(24)7-23-12(8-2-3-8)11(15)13(21-23)14(16,17)18/h4-5,8H,2-3,6-7H2,1H3,(H,19,24). The van der Waals surface area contributed by atoms with Crippen LogP contribution >= 0.6 is 15.9 Å². The Morgan fingerprint density at radius 1 is 1.46 bits per heavy atom. The number of hydrogen-bond acceptors (Lipinski definition) is 3. The Hall–Kier alpha value is -1.84. The molecule has 0 aliphatic heterocycles. The van der Waals surface area contributed by atoms with Gasteiger partial charge < -0.3 is 5.32 Å². The van der Waals surface area contributed by atoms with Gasteiger partial charge in [-0.25, -0.2) is 0 Å². The largest absolute Gasteiger partial charge is 0.436 e. The van der Waals surface area contributed by atoms with Crippen LogP contribution in [0, 0.1) is 0 Å². The van der Waals surface area contributed by atoms with Crippen molar-refractivity contribution in [2.75, 3.05) is 0 Å². The second kappa shape index (κ2) is 6.23. The van der Waals surface area contributed by atoms with E-state index in [2.05, 4.69) is 31.4 Å². The molecule has 6 nitrogen and oxygen atoms in total. The summed E-state index contributed by atoms with van der Waals surface area (Å²) >= 11 is 3.00. The predicted molar refractivity (Wildman–Crippen MR) is 82.0 cm³/mol. The number of nitrogens with zero attached hydrogens (tertiary/aromatic N) is 4. The van der Waals surface area contributed by atoms with Crippen molar-refractivity contribution in [3.8, 4) is 0 Å². The van der Waals surface area contributed by atoms with E-state index in [1.165, 1.54) is 0 Å². The normalized spacial score (nSPS) is 14.9. The van der Waals surface area contributed by atoms with Crippen molar-refractivity contribution in [1.82, 2.24) is 24.9 Å². The minimum absolute atomic E-state index is 0.0212. The predicted octanol–water partition coefficient (Wildman–Crippen LogP) is 2.59. The minimum Gasteiger partial charge on any atom is -0.349 e. The number of amides is 1. The number of carbonyl (C=O) groups is 1. The van der Waals surface area contributed by atoms with E-state index >= 15 is 0 Å². The van der Waals surface area contributed by atoms with Gasteiger partial charge in [0.25, 0.3) is 0 Å². The Morgan fingerprint density at radius 3 is 2.71 bits per heavy atom. The van der Waals surface area contributed by atoms with E-state index in [1.807, 2.05) is 0 Å². The number of aromatic nitrogens is 4. The number of alkyl halides is 3. The summed E-state index contributed by atoms with van der Waals surface area (Å²) in [4.78, 5) is 12.1. The number of rotatable bonds is 5. The average Bonchev–Trinajstić information content (AvgIpc) is 3.14. The van der Waals surface area contributed by atoms with Gasteiger partial charge in [-0.3, -0.25) is 14.2 Å². The van der Waals surface area contributed by atoms with Crippen molar-refractivity contribution in [1.29, 1.82) is 0 Å². The van der Waals surface area contributed by atoms with Crippen LogP contribution in [0.4, 0.5) is 13.2 Å². The summed E-state index contributed by atoms with van der Waals surface area (Å²) in [6.45, 7) is 0.00102. The van der Waals surface area contributed by atoms with E-state index in [-0.39, 0.29) is 23.5 Å². The Bertz CT molecular complexity index is 763. The van der Waals surface area contributed by atoms with Gasteiger partial charge in [0.15, 0.2) is 5.69 Å². The van der Waals surface area contributed by atoms with Crippen molar-refractivity contribution in [3.05, 3.63) is 33.8 Å². The average molecular weight is 406 g/mol. The number of carbonyl (C=O) groups excluding carboxylic acids is 1. The highest BCUT2D eigenvalue weighted by Crippen LogP contribution is 2.46. The molecule has 0 saturated heterocycles. The van der Waals surface area contributed by atoms with Crippen LogP contribution < -0.4 is 5.32 Å². The lowest BCUT2D eigenvalue weighted by atomic mass is 10.2. The zero-order chi connectivity index (χ0) is 17.5. The van der Waals surface area contributed by atoms with E-state index in [0.717, 1.165) is 23.2 Å². The second-order valence-electron chi connectivity index (χ2n) is 5.70. The molecule has 1 aliphatic rings. The highest BCUT2D eigenvalue weighted by atomic mass is 79.9. The van der Waals surface area contributed by atoms with Gasteiger partial charge in [-0.05, 0) is 34.8 Å². The smallest absolute Gasteiger partial charge is 0.349 e. The van der Waals surface area contributed by atoms with Crippen LogP contribution in [-0.2, 0) is 31.1 Å². The van der Waals surface area contributed by atoms with Gasteiger partial charge in [0.1, 0.15) is 6.54 Å². The van der Waals surface area contributed by atoms with Crippen molar-refractivity contribution in [3.63, 3.8) is 0 Å². The van der Waals surface area contributed by atoms with Crippen molar-refractivity contribution < 1.29 is 18.0 Å². The summed E-state index contributed by atoms with van der Waals surface area (Å²) < 4.78 is 41.8. The molecule has 1 saturated carbocycles. The Morgan fingerprint density at radius 2 is 2.17 bits per heavy atom. The molecule has 130 valence electrons. The monoisotopic (exact) mass is 405 g/mol. The van der Waals surface area contributed by atoms with Crippen molar-refractivity contribution in [2.24, 2.45) is 7.05 Å². The second-order valence-corrected chi connectivity index (χ2v) is 6.49. The molecule has 0 radical (unpaired) electrons. The van der Waals surface area contributed by atoms with Crippen LogP contribution in [0.3, 0.4) is 0 Å². The van der Waals surface area contributed by atoms with Gasteiger partial charge >= 0.3 is 6.18 Å². The number of nitrogens with one attached hydrogen (secondary N) is 1. The van der Waals surface area contributed by atoms with Crippen LogP contribution in [0.25, 0.3) is 0 Å². The maximum Gasteiger partial charge on any atom is 0.436 e. The van der Waals surface area contributed by atoms with Crippen molar-refractivity contribution in [2.45, 2.75) is 38.0 Å². The molecule has 0 bridgehead atoms. The molecule has 0 aromatic carbocycles. The molecule has 1 amide bonds. The zero-order valence-corrected chi connectivity index (χ0v) is 14.4. The van der Waals surface area contributed by atoms with E-state index in [9.17, 15) is 18.0 Å². The Kier molecular flexibility index (Phi) is 4.41. The zero-order valence-electron chi connectivity index (χ0n) is 12.8. The van der Waals surface area contributed by atoms with E-state index < -0.39 is 17.8 Å². The first-order chi connectivity index (χ1) is 11.3. The lowest BCUT2D eigenvalue weighted by Crippen LogP contribution is -2.29. The van der Waals surface area contributed by atoms with Crippen LogP contribution in [0.15, 0.2) is 16.7 Å². The molecule has 0 atom stereocenters. The minimum atomic E-state index is -4.56. The maximum atomic E-state index is 13.0. The first kappa shape index (κ1) is 17.0. The molecule has 0 spiro atoms. The molecule has 1 N–H and O–H groups in total. The molecule has 1 fully saturated rings. The van der Waals surface area contributed by atoms with Gasteiger partial charge in [0.05, 0.1) is 22.4 Å². The molecule has 24 heavy (non-hydrogen) atoms. The summed E-state index contributed by atoms with van der Waals surface area (Å²) in [5.41, 5.74) is 0.255. The molecule has 1 aliphatic carbocycles. The van der Waals surface area contributed by atoms with Gasteiger partial charge in [0, 0.05) is 19.2 Å². The number of aryl methyl sites for hydroxylation is 1. The fraction of sp³-hybridized carbons (Fsp3) is 0.500. The SMILES string of the molecule is Cn1nccc1CNC(=O)Cn1nc(C(F)(F)F)c(Br)c1C1CC1. The third-order valence-corrected chi connectivity index (χ3v) is 4.63. The summed E-state index contributed by atoms with van der Waals surface area (Å²) in [5.74, 6) is -0.380. The first-order valence-electron chi connectivity index (χ1n) is 7.34. The lowest BCUT2D eigenvalue weighted by Gasteiger charge is -2.08. The molecule has 10 heteroatoms. The quantitative estimate of drug-likeness (QED) is 0.831. The van der Waals surface area contributed by atoms with Gasteiger partial charge in [-0.1, -0.05) is 0 Å². The summed E-state index contributed by atoms with van der Waals surface area (Å²) in [6.07, 6.45) is -1.34. The number of hydrogen-bond donors (Lipinski definition) is 1. The fourth-order valence-electron chi connectivity index (χ4n) is 2.46. The fourth-order valence-corrected chi connectivity index (χ4v) is 3.29. The van der Waals surface area contributed by atoms with Gasteiger partial charge in [-0.2, -0.15) is 23.4 Å². The summed E-state index contributed by atoms with van der Waals surface area (Å²) in [5, 5.41) is 10.3. The maximum absolute atomic E-state index is 13.0.